The number of nitrogens with zero attached hydrogens (tertiary/aromatic N) is 1. The Labute approximate surface area is 221 Å². The number of fused-ring (bicyclic) bond motifs is 2. The highest BCUT2D eigenvalue weighted by Crippen LogP contribution is 2.46. The SMILES string of the molecule is COC(=O)c1sc2ncccc2c1NC(=O)c1ccc(Cc2cc3c(cc2C)C(C)(C)CCC3(C)C)o1. The van der Waals surface area contributed by atoms with Crippen LogP contribution in [0, 0.1) is 6.92 Å². The van der Waals surface area contributed by atoms with Gasteiger partial charge in [-0.05, 0) is 77.1 Å². The fourth-order valence-corrected chi connectivity index (χ4v) is 6.22. The number of anilines is 1. The number of thiophene rings is 1. The van der Waals surface area contributed by atoms with E-state index in [2.05, 4.69) is 57.1 Å². The molecule has 4 aromatic rings. The van der Waals surface area contributed by atoms with Crippen LogP contribution in [0.4, 0.5) is 5.69 Å². The minimum atomic E-state index is -0.521. The molecule has 1 aliphatic carbocycles. The van der Waals surface area contributed by atoms with Gasteiger partial charge >= 0.3 is 5.97 Å². The number of carbonyl (C=O) groups is 2. The van der Waals surface area contributed by atoms with Gasteiger partial charge in [-0.2, -0.15) is 0 Å². The summed E-state index contributed by atoms with van der Waals surface area (Å²) in [4.78, 5) is 30.7. The number of rotatable bonds is 5. The fourth-order valence-electron chi connectivity index (χ4n) is 5.21. The standard InChI is InChI=1S/C30H32N2O4S/c1-17-14-21-22(30(4,5)12-11-29(21,2)3)16-18(17)15-19-9-10-23(36-19)26(33)32-24-20-8-7-13-31-27(20)37-25(24)28(34)35-6/h7-10,13-14,16H,11-12,15H2,1-6H3,(H,32,33). The third-order valence-electron chi connectivity index (χ3n) is 7.64. The van der Waals surface area contributed by atoms with Crippen LogP contribution >= 0.6 is 11.3 Å². The zero-order valence-electron chi connectivity index (χ0n) is 22.2. The second-order valence-corrected chi connectivity index (χ2v) is 12.1. The van der Waals surface area contributed by atoms with Crippen molar-refractivity contribution in [3.63, 3.8) is 0 Å². The summed E-state index contributed by atoms with van der Waals surface area (Å²) in [7, 11) is 1.31. The molecular formula is C30H32N2O4S. The number of amides is 1. The number of benzene rings is 1. The monoisotopic (exact) mass is 516 g/mol. The molecule has 0 atom stereocenters. The molecule has 0 fully saturated rings. The van der Waals surface area contributed by atoms with E-state index in [4.69, 9.17) is 9.15 Å². The molecule has 0 unspecified atom stereocenters. The van der Waals surface area contributed by atoms with Crippen LogP contribution in [-0.4, -0.2) is 24.0 Å². The van der Waals surface area contributed by atoms with Crippen molar-refractivity contribution >= 4 is 39.1 Å². The Kier molecular flexibility index (Phi) is 6.23. The number of pyridine rings is 1. The Morgan fingerprint density at radius 1 is 1.08 bits per heavy atom. The van der Waals surface area contributed by atoms with Crippen LogP contribution in [-0.2, 0) is 22.0 Å². The summed E-state index contributed by atoms with van der Waals surface area (Å²) in [6.07, 6.45) is 4.58. The Balaban J connectivity index is 1.41. The minimum Gasteiger partial charge on any atom is -0.465 e. The first-order valence-corrected chi connectivity index (χ1v) is 13.3. The van der Waals surface area contributed by atoms with Crippen molar-refractivity contribution in [2.45, 2.75) is 64.7 Å². The van der Waals surface area contributed by atoms with E-state index < -0.39 is 11.9 Å². The molecular weight excluding hydrogens is 484 g/mol. The molecule has 1 N–H and O–H groups in total. The summed E-state index contributed by atoms with van der Waals surface area (Å²) in [6, 6.07) is 11.8. The molecule has 37 heavy (non-hydrogen) atoms. The summed E-state index contributed by atoms with van der Waals surface area (Å²) in [5, 5.41) is 3.53. The van der Waals surface area contributed by atoms with E-state index in [0.29, 0.717) is 33.0 Å². The van der Waals surface area contributed by atoms with Gasteiger partial charge < -0.3 is 14.5 Å². The Morgan fingerprint density at radius 3 is 2.49 bits per heavy atom. The molecule has 6 nitrogen and oxygen atoms in total. The highest BCUT2D eigenvalue weighted by molar-refractivity contribution is 7.21. The smallest absolute Gasteiger partial charge is 0.350 e. The molecule has 0 aliphatic heterocycles. The minimum absolute atomic E-state index is 0.122. The first kappa shape index (κ1) is 25.2. The van der Waals surface area contributed by atoms with Crippen LogP contribution < -0.4 is 5.32 Å². The van der Waals surface area contributed by atoms with Crippen LogP contribution in [0.5, 0.6) is 0 Å². The lowest BCUT2D eigenvalue weighted by atomic mass is 9.62. The highest BCUT2D eigenvalue weighted by Gasteiger charge is 2.37. The van der Waals surface area contributed by atoms with Crippen molar-refractivity contribution in [1.82, 2.24) is 4.98 Å². The first-order chi connectivity index (χ1) is 17.5. The Hall–Kier alpha value is -3.45. The lowest BCUT2D eigenvalue weighted by Crippen LogP contribution is -2.34. The molecule has 1 aromatic carbocycles. The van der Waals surface area contributed by atoms with Crippen molar-refractivity contribution in [2.24, 2.45) is 0 Å². The number of furan rings is 1. The molecule has 0 saturated carbocycles. The van der Waals surface area contributed by atoms with Crippen LogP contribution in [0.25, 0.3) is 10.2 Å². The normalized spacial score (nSPS) is 15.8. The van der Waals surface area contributed by atoms with Gasteiger partial charge in [0.1, 0.15) is 15.5 Å². The van der Waals surface area contributed by atoms with Crippen molar-refractivity contribution in [3.05, 3.63) is 81.2 Å². The molecule has 0 spiro atoms. The summed E-state index contributed by atoms with van der Waals surface area (Å²) in [5.41, 5.74) is 5.94. The lowest BCUT2D eigenvalue weighted by molar-refractivity contribution is 0.0607. The van der Waals surface area contributed by atoms with Gasteiger partial charge in [0.25, 0.3) is 5.91 Å². The van der Waals surface area contributed by atoms with Crippen LogP contribution in [0.3, 0.4) is 0 Å². The number of aryl methyl sites for hydroxylation is 1. The van der Waals surface area contributed by atoms with Crippen LogP contribution in [0.1, 0.15) is 88.8 Å². The predicted octanol–water partition coefficient (Wildman–Crippen LogP) is 7.18. The molecule has 192 valence electrons. The fraction of sp³-hybridized carbons (Fsp3) is 0.367. The molecule has 0 radical (unpaired) electrons. The third-order valence-corrected chi connectivity index (χ3v) is 8.73. The number of methoxy groups -OCH3 is 1. The second-order valence-electron chi connectivity index (χ2n) is 11.1. The average molecular weight is 517 g/mol. The summed E-state index contributed by atoms with van der Waals surface area (Å²) in [6.45, 7) is 11.4. The topological polar surface area (TPSA) is 81.4 Å². The Morgan fingerprint density at radius 2 is 1.78 bits per heavy atom. The highest BCUT2D eigenvalue weighted by atomic mass is 32.1. The van der Waals surface area contributed by atoms with Crippen molar-refractivity contribution in [2.75, 3.05) is 12.4 Å². The van der Waals surface area contributed by atoms with Crippen molar-refractivity contribution in [1.29, 1.82) is 0 Å². The number of carbonyl (C=O) groups excluding carboxylic acids is 2. The molecule has 3 heterocycles. The number of aromatic nitrogens is 1. The number of hydrogen-bond acceptors (Lipinski definition) is 6. The zero-order chi connectivity index (χ0) is 26.5. The molecule has 7 heteroatoms. The van der Waals surface area contributed by atoms with Gasteiger partial charge in [-0.15, -0.1) is 11.3 Å². The van der Waals surface area contributed by atoms with Gasteiger partial charge in [-0.1, -0.05) is 39.8 Å². The molecule has 1 aliphatic rings. The second kappa shape index (κ2) is 9.14. The van der Waals surface area contributed by atoms with Crippen LogP contribution in [0.2, 0.25) is 0 Å². The largest absolute Gasteiger partial charge is 0.465 e. The molecule has 3 aromatic heterocycles. The van der Waals surface area contributed by atoms with E-state index >= 15 is 0 Å². The summed E-state index contributed by atoms with van der Waals surface area (Å²) < 4.78 is 10.9. The van der Waals surface area contributed by atoms with Gasteiger partial charge in [0.05, 0.1) is 12.8 Å². The van der Waals surface area contributed by atoms with E-state index in [1.807, 2.05) is 12.1 Å². The van der Waals surface area contributed by atoms with Crippen molar-refractivity contribution < 1.29 is 18.7 Å². The quantitative estimate of drug-likeness (QED) is 0.284. The lowest BCUT2D eigenvalue weighted by Gasteiger charge is -2.42. The number of nitrogens with one attached hydrogen (secondary N) is 1. The van der Waals surface area contributed by atoms with E-state index in [1.54, 1.807) is 18.3 Å². The van der Waals surface area contributed by atoms with Crippen LogP contribution in [0.15, 0.2) is 47.0 Å². The van der Waals surface area contributed by atoms with Gasteiger partial charge in [0.2, 0.25) is 0 Å². The van der Waals surface area contributed by atoms with Gasteiger partial charge in [0, 0.05) is 18.0 Å². The summed E-state index contributed by atoms with van der Waals surface area (Å²) >= 11 is 1.18. The van der Waals surface area contributed by atoms with E-state index in [-0.39, 0.29) is 16.6 Å². The molecule has 0 saturated heterocycles. The van der Waals surface area contributed by atoms with Crippen molar-refractivity contribution in [3.8, 4) is 0 Å². The van der Waals surface area contributed by atoms with E-state index in [1.165, 1.54) is 47.1 Å². The Bertz CT molecular complexity index is 1530. The molecule has 1 amide bonds. The predicted molar refractivity (Wildman–Crippen MR) is 147 cm³/mol. The molecule has 0 bridgehead atoms. The zero-order valence-corrected chi connectivity index (χ0v) is 23.0. The maximum atomic E-state index is 13.1. The number of hydrogen-bond donors (Lipinski definition) is 1. The number of ether oxygens (including phenoxy) is 1. The van der Waals surface area contributed by atoms with E-state index in [9.17, 15) is 9.59 Å². The van der Waals surface area contributed by atoms with Gasteiger partial charge in [-0.25, -0.2) is 9.78 Å². The third kappa shape index (κ3) is 4.57. The molecule has 5 rings (SSSR count). The summed E-state index contributed by atoms with van der Waals surface area (Å²) in [5.74, 6) is -0.0466. The van der Waals surface area contributed by atoms with Gasteiger partial charge in [0.15, 0.2) is 5.76 Å². The maximum Gasteiger partial charge on any atom is 0.350 e. The average Bonchev–Trinajstić information content (AvgIpc) is 3.48. The maximum absolute atomic E-state index is 13.1. The number of esters is 1. The van der Waals surface area contributed by atoms with E-state index in [0.717, 1.165) is 6.42 Å². The first-order valence-electron chi connectivity index (χ1n) is 12.5. The van der Waals surface area contributed by atoms with Gasteiger partial charge in [-0.3, -0.25) is 4.79 Å².